The first-order valence-corrected chi connectivity index (χ1v) is 11.8. The molecule has 1 aliphatic heterocycles. The first-order chi connectivity index (χ1) is 17.7. The first kappa shape index (κ1) is 25.9. The van der Waals surface area contributed by atoms with E-state index in [0.717, 1.165) is 11.1 Å². The highest BCUT2D eigenvalue weighted by Gasteiger charge is 2.35. The zero-order valence-electron chi connectivity index (χ0n) is 20.4. The van der Waals surface area contributed by atoms with E-state index in [2.05, 4.69) is 10.3 Å². The van der Waals surface area contributed by atoms with Crippen LogP contribution in [0.15, 0.2) is 48.5 Å². The van der Waals surface area contributed by atoms with E-state index >= 15 is 0 Å². The minimum Gasteiger partial charge on any atom is -0.478 e. The van der Waals surface area contributed by atoms with Crippen molar-refractivity contribution in [1.29, 1.82) is 0 Å². The van der Waals surface area contributed by atoms with Gasteiger partial charge >= 0.3 is 18.0 Å². The molecule has 1 amide bonds. The predicted octanol–water partition coefficient (Wildman–Crippen LogP) is 4.66. The summed E-state index contributed by atoms with van der Waals surface area (Å²) >= 11 is 5.96. The molecular formula is C26H25ClN4O6. The minimum absolute atomic E-state index is 0.0480. The Balaban J connectivity index is 1.59. The van der Waals surface area contributed by atoms with E-state index in [4.69, 9.17) is 31.2 Å². The average Bonchev–Trinajstić information content (AvgIpc) is 3.24. The summed E-state index contributed by atoms with van der Waals surface area (Å²) in [6.45, 7) is 3.94. The number of rotatable bonds is 8. The van der Waals surface area contributed by atoms with Gasteiger partial charge in [0.25, 0.3) is 0 Å². The molecule has 0 spiro atoms. The second-order valence-electron chi connectivity index (χ2n) is 8.62. The molecule has 1 fully saturated rings. The Bertz CT molecular complexity index is 1350. The highest BCUT2D eigenvalue weighted by atomic mass is 35.5. The van der Waals surface area contributed by atoms with Crippen LogP contribution in [-0.2, 0) is 15.9 Å². The number of nitrogens with one attached hydrogen (secondary N) is 1. The number of hydrogen-bond donors (Lipinski definition) is 2. The number of benzene rings is 1. The molecule has 1 saturated heterocycles. The van der Waals surface area contributed by atoms with Crippen LogP contribution in [0, 0.1) is 6.92 Å². The highest BCUT2D eigenvalue weighted by Crippen LogP contribution is 2.29. The van der Waals surface area contributed by atoms with Crippen molar-refractivity contribution < 1.29 is 29.0 Å². The Labute approximate surface area is 218 Å². The normalized spacial score (nSPS) is 15.7. The number of pyridine rings is 2. The van der Waals surface area contributed by atoms with Gasteiger partial charge in [0, 0.05) is 0 Å². The third-order valence-corrected chi connectivity index (χ3v) is 6.12. The lowest BCUT2D eigenvalue weighted by atomic mass is 10.0. The molecule has 0 radical (unpaired) electrons. The van der Waals surface area contributed by atoms with Crippen LogP contribution in [0.5, 0.6) is 0 Å². The number of carbonyl (C=O) groups is 3. The summed E-state index contributed by atoms with van der Waals surface area (Å²) in [5.41, 5.74) is 3.04. The summed E-state index contributed by atoms with van der Waals surface area (Å²) in [7, 11) is 1.26. The first-order valence-electron chi connectivity index (χ1n) is 11.4. The van der Waals surface area contributed by atoms with Gasteiger partial charge in [0.2, 0.25) is 0 Å². The number of carboxylic acid groups (broad SMARTS) is 1. The van der Waals surface area contributed by atoms with Gasteiger partial charge in [0.05, 0.1) is 36.1 Å². The van der Waals surface area contributed by atoms with Crippen molar-refractivity contribution in [3.05, 3.63) is 81.8 Å². The summed E-state index contributed by atoms with van der Waals surface area (Å²) in [6, 6.07) is 12.7. The SMILES string of the molecule is COC(=O)c1nc(Cl)ccc1N[C@H](C)c1cc(C)cc(N2C(=O)OC[C@@H]2Cc2ccc(C(=O)O)cc2)n1. The van der Waals surface area contributed by atoms with Crippen molar-refractivity contribution >= 4 is 41.1 Å². The fourth-order valence-electron chi connectivity index (χ4n) is 4.08. The van der Waals surface area contributed by atoms with Gasteiger partial charge in [-0.05, 0) is 67.8 Å². The lowest BCUT2D eigenvalue weighted by molar-refractivity contribution is 0.0594. The summed E-state index contributed by atoms with van der Waals surface area (Å²) in [5.74, 6) is -1.20. The summed E-state index contributed by atoms with van der Waals surface area (Å²) in [5, 5.41) is 12.5. The second kappa shape index (κ2) is 10.8. The molecule has 0 unspecified atom stereocenters. The molecule has 3 aromatic rings. The highest BCUT2D eigenvalue weighted by molar-refractivity contribution is 6.29. The van der Waals surface area contributed by atoms with Crippen molar-refractivity contribution in [3.63, 3.8) is 0 Å². The van der Waals surface area contributed by atoms with Crippen LogP contribution in [-0.4, -0.2) is 52.9 Å². The number of aromatic nitrogens is 2. The molecule has 11 heteroatoms. The molecule has 2 N–H and O–H groups in total. The number of anilines is 2. The largest absolute Gasteiger partial charge is 0.478 e. The second-order valence-corrected chi connectivity index (χ2v) is 9.01. The van der Waals surface area contributed by atoms with E-state index in [1.54, 1.807) is 30.3 Å². The number of methoxy groups -OCH3 is 1. The van der Waals surface area contributed by atoms with E-state index in [-0.39, 0.29) is 35.1 Å². The lowest BCUT2D eigenvalue weighted by Gasteiger charge is -2.23. The molecule has 0 aliphatic carbocycles. The number of aryl methyl sites for hydroxylation is 1. The number of amides is 1. The standard InChI is InChI=1S/C26H25ClN4O6/c1-14-10-20(15(2)28-19-8-9-21(27)30-23(19)25(34)36-3)29-22(11-14)31-18(13-37-26(31)35)12-16-4-6-17(7-5-16)24(32)33/h4-11,15,18,28H,12-13H2,1-3H3,(H,32,33)/t15-,18+/m1/s1. The van der Waals surface area contributed by atoms with Crippen LogP contribution in [0.1, 0.15) is 50.6 Å². The van der Waals surface area contributed by atoms with Crippen LogP contribution in [0.4, 0.5) is 16.3 Å². The van der Waals surface area contributed by atoms with E-state index < -0.39 is 18.0 Å². The van der Waals surface area contributed by atoms with Gasteiger partial charge in [-0.25, -0.2) is 24.4 Å². The maximum absolute atomic E-state index is 12.7. The number of esters is 1. The smallest absolute Gasteiger partial charge is 0.415 e. The molecule has 1 aromatic carbocycles. The number of carboxylic acids is 1. The van der Waals surface area contributed by atoms with Gasteiger partial charge in [-0.15, -0.1) is 0 Å². The van der Waals surface area contributed by atoms with Gasteiger partial charge in [-0.1, -0.05) is 23.7 Å². The molecule has 192 valence electrons. The van der Waals surface area contributed by atoms with Crippen LogP contribution in [0.3, 0.4) is 0 Å². The van der Waals surface area contributed by atoms with E-state index in [1.165, 1.54) is 24.1 Å². The number of carbonyl (C=O) groups excluding carboxylic acids is 2. The lowest BCUT2D eigenvalue weighted by Crippen LogP contribution is -2.36. The van der Waals surface area contributed by atoms with Crippen molar-refractivity contribution in [2.45, 2.75) is 32.4 Å². The Morgan fingerprint density at radius 2 is 1.95 bits per heavy atom. The van der Waals surface area contributed by atoms with E-state index in [0.29, 0.717) is 23.6 Å². The fraction of sp³-hybridized carbons (Fsp3) is 0.269. The van der Waals surface area contributed by atoms with Crippen LogP contribution < -0.4 is 10.2 Å². The third kappa shape index (κ3) is 5.80. The van der Waals surface area contributed by atoms with Crippen molar-refractivity contribution in [1.82, 2.24) is 9.97 Å². The predicted molar refractivity (Wildman–Crippen MR) is 136 cm³/mol. The molecular weight excluding hydrogens is 500 g/mol. The van der Waals surface area contributed by atoms with Crippen molar-refractivity contribution in [3.8, 4) is 0 Å². The molecule has 1 aliphatic rings. The Hall–Kier alpha value is -4.18. The molecule has 2 atom stereocenters. The number of hydrogen-bond acceptors (Lipinski definition) is 8. The van der Waals surface area contributed by atoms with E-state index in [1.807, 2.05) is 19.9 Å². The Kier molecular flexibility index (Phi) is 7.58. The van der Waals surface area contributed by atoms with Crippen LogP contribution in [0.2, 0.25) is 5.15 Å². The van der Waals surface area contributed by atoms with Crippen LogP contribution in [0.25, 0.3) is 0 Å². The summed E-state index contributed by atoms with van der Waals surface area (Å²) in [4.78, 5) is 46.3. The van der Waals surface area contributed by atoms with E-state index in [9.17, 15) is 14.4 Å². The number of halogens is 1. The quantitative estimate of drug-likeness (QED) is 0.319. The van der Waals surface area contributed by atoms with Gasteiger partial charge < -0.3 is 19.9 Å². The molecule has 4 rings (SSSR count). The molecule has 3 heterocycles. The average molecular weight is 525 g/mol. The van der Waals surface area contributed by atoms with Gasteiger partial charge in [-0.3, -0.25) is 4.90 Å². The Morgan fingerprint density at radius 3 is 2.62 bits per heavy atom. The molecule has 10 nitrogen and oxygen atoms in total. The molecule has 37 heavy (non-hydrogen) atoms. The number of cyclic esters (lactones) is 1. The molecule has 2 aromatic heterocycles. The maximum atomic E-state index is 12.7. The molecule has 0 bridgehead atoms. The van der Waals surface area contributed by atoms with Crippen LogP contribution >= 0.6 is 11.6 Å². The summed E-state index contributed by atoms with van der Waals surface area (Å²) in [6.07, 6.45) is -0.0460. The number of nitrogens with zero attached hydrogens (tertiary/aromatic N) is 3. The van der Waals surface area contributed by atoms with Crippen molar-refractivity contribution in [2.75, 3.05) is 23.9 Å². The Morgan fingerprint density at radius 1 is 1.22 bits per heavy atom. The van der Waals surface area contributed by atoms with Gasteiger partial charge in [0.15, 0.2) is 5.69 Å². The third-order valence-electron chi connectivity index (χ3n) is 5.91. The zero-order valence-corrected chi connectivity index (χ0v) is 21.2. The minimum atomic E-state index is -1.00. The monoisotopic (exact) mass is 524 g/mol. The topological polar surface area (TPSA) is 131 Å². The van der Waals surface area contributed by atoms with Gasteiger partial charge in [-0.2, -0.15) is 0 Å². The maximum Gasteiger partial charge on any atom is 0.415 e. The number of aromatic carboxylic acids is 1. The fourth-order valence-corrected chi connectivity index (χ4v) is 4.23. The number of ether oxygens (including phenoxy) is 2. The zero-order chi connectivity index (χ0) is 26.7. The summed E-state index contributed by atoms with van der Waals surface area (Å²) < 4.78 is 10.1. The van der Waals surface area contributed by atoms with Crippen molar-refractivity contribution in [2.24, 2.45) is 0 Å². The molecule has 0 saturated carbocycles. The van der Waals surface area contributed by atoms with Gasteiger partial charge in [0.1, 0.15) is 17.6 Å².